The highest BCUT2D eigenvalue weighted by Gasteiger charge is 2.26. The molecule has 0 aliphatic heterocycles. The van der Waals surface area contributed by atoms with Gasteiger partial charge in [0.15, 0.2) is 0 Å². The van der Waals surface area contributed by atoms with Gasteiger partial charge >= 0.3 is 11.7 Å². The lowest BCUT2D eigenvalue weighted by Gasteiger charge is -2.22. The van der Waals surface area contributed by atoms with Crippen LogP contribution in [0.5, 0.6) is 0 Å². The molecule has 0 saturated heterocycles. The summed E-state index contributed by atoms with van der Waals surface area (Å²) in [6, 6.07) is 9.20. The Balaban J connectivity index is 2.06. The van der Waals surface area contributed by atoms with Crippen molar-refractivity contribution < 1.29 is 14.6 Å². The lowest BCUT2D eigenvalue weighted by Crippen LogP contribution is -2.40. The summed E-state index contributed by atoms with van der Waals surface area (Å²) in [5, 5.41) is 11.1. The van der Waals surface area contributed by atoms with E-state index in [-0.39, 0.29) is 13.0 Å². The third-order valence-electron chi connectivity index (χ3n) is 5.07. The minimum Gasteiger partial charge on any atom is -0.460 e. The first-order valence-electron chi connectivity index (χ1n) is 10.3. The van der Waals surface area contributed by atoms with Crippen LogP contribution in [0.15, 0.2) is 43.7 Å². The molecule has 172 valence electrons. The SMILES string of the molecule is CC(Cn1c(=O)n(C)c(=O)c2c(C[C@H](O)c3ccccc3)c(Br)sc21)C(=O)OC(C)(C)C. The maximum Gasteiger partial charge on any atom is 0.331 e. The molecular formula is C23H27BrN2O5S. The van der Waals surface area contributed by atoms with Crippen LogP contribution in [0.4, 0.5) is 0 Å². The standard InChI is InChI=1S/C23H27BrN2O5S/c1-13(21(29)31-23(2,3)4)12-26-20-17(19(28)25(5)22(26)30)15(18(24)32-20)11-16(27)14-9-7-6-8-10-14/h6-10,13,16,27H,11-12H2,1-5H3/t13?,16-/m0/s1. The van der Waals surface area contributed by atoms with E-state index in [0.717, 1.165) is 10.1 Å². The van der Waals surface area contributed by atoms with Crippen molar-refractivity contribution in [3.8, 4) is 0 Å². The van der Waals surface area contributed by atoms with Gasteiger partial charge in [-0.05, 0) is 47.8 Å². The number of hydrogen-bond acceptors (Lipinski definition) is 6. The van der Waals surface area contributed by atoms with Gasteiger partial charge in [0.2, 0.25) is 0 Å². The number of carbonyl (C=O) groups is 1. The van der Waals surface area contributed by atoms with Gasteiger partial charge < -0.3 is 9.84 Å². The highest BCUT2D eigenvalue weighted by atomic mass is 79.9. The van der Waals surface area contributed by atoms with Crippen molar-refractivity contribution in [2.24, 2.45) is 13.0 Å². The van der Waals surface area contributed by atoms with E-state index >= 15 is 0 Å². The molecule has 0 aliphatic rings. The molecule has 2 aromatic heterocycles. The van der Waals surface area contributed by atoms with E-state index in [2.05, 4.69) is 15.9 Å². The number of benzene rings is 1. The number of aliphatic hydroxyl groups excluding tert-OH is 1. The highest BCUT2D eigenvalue weighted by Crippen LogP contribution is 2.36. The number of carbonyl (C=O) groups excluding carboxylic acids is 1. The predicted molar refractivity (Wildman–Crippen MR) is 129 cm³/mol. The first-order valence-corrected chi connectivity index (χ1v) is 11.9. The second-order valence-electron chi connectivity index (χ2n) is 8.86. The third kappa shape index (κ3) is 5.05. The lowest BCUT2D eigenvalue weighted by molar-refractivity contribution is -0.159. The fourth-order valence-electron chi connectivity index (χ4n) is 3.44. The molecule has 1 unspecified atom stereocenters. The molecule has 3 rings (SSSR count). The normalized spacial score (nSPS) is 13.8. The van der Waals surface area contributed by atoms with Crippen LogP contribution in [-0.2, 0) is 29.5 Å². The molecule has 0 amide bonds. The number of esters is 1. The summed E-state index contributed by atoms with van der Waals surface area (Å²) >= 11 is 4.76. The Morgan fingerprint density at radius 3 is 2.44 bits per heavy atom. The van der Waals surface area contributed by atoms with Crippen molar-refractivity contribution in [1.29, 1.82) is 0 Å². The zero-order valence-electron chi connectivity index (χ0n) is 18.7. The van der Waals surface area contributed by atoms with Crippen LogP contribution in [0.1, 0.15) is 44.9 Å². The number of rotatable bonds is 6. The van der Waals surface area contributed by atoms with E-state index < -0.39 is 34.8 Å². The molecule has 2 heterocycles. The van der Waals surface area contributed by atoms with Gasteiger partial charge in [0.05, 0.1) is 21.2 Å². The zero-order valence-corrected chi connectivity index (χ0v) is 21.1. The van der Waals surface area contributed by atoms with Crippen LogP contribution >= 0.6 is 27.3 Å². The molecule has 0 radical (unpaired) electrons. The Kier molecular flexibility index (Phi) is 7.12. The van der Waals surface area contributed by atoms with E-state index in [0.29, 0.717) is 19.6 Å². The average Bonchev–Trinajstić information content (AvgIpc) is 3.04. The van der Waals surface area contributed by atoms with Crippen LogP contribution in [0.2, 0.25) is 0 Å². The van der Waals surface area contributed by atoms with Gasteiger partial charge in [-0.2, -0.15) is 0 Å². The van der Waals surface area contributed by atoms with Crippen LogP contribution in [-0.4, -0.2) is 25.8 Å². The maximum absolute atomic E-state index is 13.0. The first kappa shape index (κ1) is 24.4. The lowest BCUT2D eigenvalue weighted by atomic mass is 10.0. The molecule has 0 bridgehead atoms. The quantitative estimate of drug-likeness (QED) is 0.497. The summed E-state index contributed by atoms with van der Waals surface area (Å²) < 4.78 is 8.60. The molecule has 0 aliphatic carbocycles. The van der Waals surface area contributed by atoms with Crippen molar-refractivity contribution >= 4 is 43.5 Å². The number of fused-ring (bicyclic) bond motifs is 1. The largest absolute Gasteiger partial charge is 0.460 e. The van der Waals surface area contributed by atoms with Crippen molar-refractivity contribution in [2.45, 2.75) is 52.4 Å². The van der Waals surface area contributed by atoms with Crippen molar-refractivity contribution in [3.63, 3.8) is 0 Å². The summed E-state index contributed by atoms with van der Waals surface area (Å²) in [5.41, 5.74) is -0.185. The maximum atomic E-state index is 13.0. The molecular weight excluding hydrogens is 496 g/mol. The van der Waals surface area contributed by atoms with E-state index in [1.807, 2.05) is 30.3 Å². The molecule has 1 N–H and O–H groups in total. The zero-order chi connectivity index (χ0) is 23.8. The fraction of sp³-hybridized carbons (Fsp3) is 0.435. The van der Waals surface area contributed by atoms with E-state index in [1.54, 1.807) is 27.7 Å². The molecule has 0 spiro atoms. The Morgan fingerprint density at radius 2 is 1.84 bits per heavy atom. The van der Waals surface area contributed by atoms with E-state index in [1.165, 1.54) is 23.0 Å². The summed E-state index contributed by atoms with van der Waals surface area (Å²) in [7, 11) is 1.42. The Morgan fingerprint density at radius 1 is 1.22 bits per heavy atom. The molecule has 7 nitrogen and oxygen atoms in total. The number of halogens is 1. The minimum atomic E-state index is -0.809. The van der Waals surface area contributed by atoms with Crippen LogP contribution < -0.4 is 11.2 Å². The number of aliphatic hydroxyl groups is 1. The number of ether oxygens (including phenoxy) is 1. The van der Waals surface area contributed by atoms with Gasteiger partial charge in [-0.15, -0.1) is 11.3 Å². The number of nitrogens with zero attached hydrogens (tertiary/aromatic N) is 2. The van der Waals surface area contributed by atoms with Gasteiger partial charge in [0, 0.05) is 20.0 Å². The van der Waals surface area contributed by atoms with Gasteiger partial charge in [-0.25, -0.2) is 4.79 Å². The Hall–Kier alpha value is -2.23. The van der Waals surface area contributed by atoms with Crippen LogP contribution in [0.25, 0.3) is 10.2 Å². The number of thiophene rings is 1. The smallest absolute Gasteiger partial charge is 0.331 e. The van der Waals surface area contributed by atoms with Gasteiger partial charge in [-0.1, -0.05) is 37.3 Å². The van der Waals surface area contributed by atoms with Crippen molar-refractivity contribution in [1.82, 2.24) is 9.13 Å². The predicted octanol–water partition coefficient (Wildman–Crippen LogP) is 3.78. The van der Waals surface area contributed by atoms with Gasteiger partial charge in [0.1, 0.15) is 10.4 Å². The van der Waals surface area contributed by atoms with Crippen molar-refractivity contribution in [3.05, 3.63) is 66.1 Å². The molecule has 9 heteroatoms. The van der Waals surface area contributed by atoms with Gasteiger partial charge in [-0.3, -0.25) is 18.7 Å². The van der Waals surface area contributed by atoms with Crippen LogP contribution in [0, 0.1) is 5.92 Å². The first-order chi connectivity index (χ1) is 14.9. The van der Waals surface area contributed by atoms with E-state index in [9.17, 15) is 19.5 Å². The molecule has 3 aromatic rings. The second kappa shape index (κ2) is 9.33. The molecule has 1 aromatic carbocycles. The number of aromatic nitrogens is 2. The summed E-state index contributed by atoms with van der Waals surface area (Å²) in [4.78, 5) is 38.9. The highest BCUT2D eigenvalue weighted by molar-refractivity contribution is 9.11. The minimum absolute atomic E-state index is 0.0754. The fourth-order valence-corrected chi connectivity index (χ4v) is 5.31. The Bertz CT molecular complexity index is 1250. The molecule has 0 fully saturated rings. The molecule has 0 saturated carbocycles. The monoisotopic (exact) mass is 522 g/mol. The third-order valence-corrected chi connectivity index (χ3v) is 7.08. The molecule has 2 atom stereocenters. The summed E-state index contributed by atoms with van der Waals surface area (Å²) in [6.45, 7) is 7.13. The Labute approximate surface area is 198 Å². The van der Waals surface area contributed by atoms with E-state index in [4.69, 9.17) is 4.74 Å². The summed E-state index contributed by atoms with van der Waals surface area (Å²) in [5.74, 6) is -1.01. The molecule has 32 heavy (non-hydrogen) atoms. The van der Waals surface area contributed by atoms with Crippen LogP contribution in [0.3, 0.4) is 0 Å². The van der Waals surface area contributed by atoms with Crippen molar-refractivity contribution in [2.75, 3.05) is 0 Å². The summed E-state index contributed by atoms with van der Waals surface area (Å²) in [6.07, 6.45) is -0.601. The second-order valence-corrected chi connectivity index (χ2v) is 11.2. The number of hydrogen-bond donors (Lipinski definition) is 1. The van der Waals surface area contributed by atoms with Gasteiger partial charge in [0.25, 0.3) is 5.56 Å². The average molecular weight is 523 g/mol. The topological polar surface area (TPSA) is 90.5 Å².